The van der Waals surface area contributed by atoms with Crippen molar-refractivity contribution in [1.29, 1.82) is 0 Å². The Morgan fingerprint density at radius 2 is 1.66 bits per heavy atom. The number of nitrogens with one attached hydrogen (secondary N) is 2. The fraction of sp³-hybridized carbons (Fsp3) is 0.0870. The Hall–Kier alpha value is -4.53. The van der Waals surface area contributed by atoms with Crippen molar-refractivity contribution in [2.45, 2.75) is 6.54 Å². The van der Waals surface area contributed by atoms with Gasteiger partial charge in [-0.25, -0.2) is 10.1 Å². The number of nitrogens with zero attached hydrogens (tertiary/aromatic N) is 3. The summed E-state index contributed by atoms with van der Waals surface area (Å²) in [5, 5.41) is 9.09. The van der Waals surface area contributed by atoms with Gasteiger partial charge in [0.05, 0.1) is 24.8 Å². The number of rotatable bonds is 6. The van der Waals surface area contributed by atoms with Crippen LogP contribution in [0.5, 0.6) is 5.75 Å². The average molecular weight is 429 g/mol. The second-order valence-electron chi connectivity index (χ2n) is 6.90. The minimum atomic E-state index is -0.360. The Labute approximate surface area is 182 Å². The zero-order valence-electron chi connectivity index (χ0n) is 17.1. The normalized spacial score (nSPS) is 10.5. The Morgan fingerprint density at radius 1 is 0.969 bits per heavy atom. The molecule has 32 heavy (non-hydrogen) atoms. The van der Waals surface area contributed by atoms with Crippen LogP contribution in [0.25, 0.3) is 22.5 Å². The molecule has 0 atom stereocenters. The fourth-order valence-electron chi connectivity index (χ4n) is 3.05. The van der Waals surface area contributed by atoms with E-state index in [1.54, 1.807) is 49.6 Å². The van der Waals surface area contributed by atoms with Gasteiger partial charge in [0.1, 0.15) is 12.3 Å². The molecule has 9 heteroatoms. The first kappa shape index (κ1) is 20.7. The molecule has 2 N–H and O–H groups in total. The molecule has 2 aromatic carbocycles. The number of aromatic amines is 1. The third-order valence-electron chi connectivity index (χ3n) is 4.72. The Morgan fingerprint density at radius 3 is 2.28 bits per heavy atom. The van der Waals surface area contributed by atoms with Crippen molar-refractivity contribution in [2.75, 3.05) is 12.4 Å². The topological polar surface area (TPSA) is 119 Å². The molecule has 0 unspecified atom stereocenters. The lowest BCUT2D eigenvalue weighted by molar-refractivity contribution is -0.116. The number of methoxy groups -OCH3 is 1. The Balaban J connectivity index is 1.41. The zero-order chi connectivity index (χ0) is 22.5. The SMILES string of the molecule is COc1ccc(-c2cc(=O)n(CC(=O)Nc3ccc(-c4ccc(=O)[nH]n4)cc3)cn2)cc1. The van der Waals surface area contributed by atoms with Crippen LogP contribution in [-0.2, 0) is 11.3 Å². The van der Waals surface area contributed by atoms with Crippen molar-refractivity contribution in [2.24, 2.45) is 0 Å². The van der Waals surface area contributed by atoms with Crippen LogP contribution in [0.3, 0.4) is 0 Å². The van der Waals surface area contributed by atoms with Crippen molar-refractivity contribution in [1.82, 2.24) is 19.7 Å². The highest BCUT2D eigenvalue weighted by molar-refractivity contribution is 5.90. The number of carbonyl (C=O) groups is 1. The van der Waals surface area contributed by atoms with Gasteiger partial charge in [-0.1, -0.05) is 12.1 Å². The standard InChI is InChI=1S/C23H19N5O4/c1-32-18-8-4-16(5-9-18)20-12-23(31)28(14-24-20)13-22(30)25-17-6-2-15(3-7-17)19-10-11-21(29)27-26-19/h2-12,14H,13H2,1H3,(H,25,30)(H,27,29). The van der Waals surface area contributed by atoms with E-state index in [0.717, 1.165) is 11.1 Å². The molecule has 4 aromatic rings. The predicted molar refractivity (Wildman–Crippen MR) is 119 cm³/mol. The molecule has 0 aliphatic carbocycles. The van der Waals surface area contributed by atoms with Gasteiger partial charge in [-0.05, 0) is 42.5 Å². The van der Waals surface area contributed by atoms with Gasteiger partial charge in [0, 0.05) is 28.9 Å². The molecule has 2 heterocycles. The van der Waals surface area contributed by atoms with Crippen LogP contribution >= 0.6 is 0 Å². The largest absolute Gasteiger partial charge is 0.497 e. The molecule has 0 saturated heterocycles. The predicted octanol–water partition coefficient (Wildman–Crippen LogP) is 2.31. The molecule has 0 fully saturated rings. The quantitative estimate of drug-likeness (QED) is 0.486. The second kappa shape index (κ2) is 9.09. The van der Waals surface area contributed by atoms with E-state index >= 15 is 0 Å². The number of ether oxygens (including phenoxy) is 1. The summed E-state index contributed by atoms with van der Waals surface area (Å²) in [4.78, 5) is 40.2. The highest BCUT2D eigenvalue weighted by Gasteiger charge is 2.08. The van der Waals surface area contributed by atoms with Gasteiger partial charge in [0.2, 0.25) is 5.91 Å². The molecule has 9 nitrogen and oxygen atoms in total. The lowest BCUT2D eigenvalue weighted by Gasteiger charge is -2.09. The van der Waals surface area contributed by atoms with Gasteiger partial charge in [-0.15, -0.1) is 0 Å². The van der Waals surface area contributed by atoms with E-state index < -0.39 is 0 Å². The zero-order valence-corrected chi connectivity index (χ0v) is 17.1. The molecule has 0 saturated carbocycles. The summed E-state index contributed by atoms with van der Waals surface area (Å²) in [6.45, 7) is -0.169. The number of anilines is 1. The van der Waals surface area contributed by atoms with Gasteiger partial charge in [0.15, 0.2) is 0 Å². The molecule has 0 bridgehead atoms. The monoisotopic (exact) mass is 429 g/mol. The van der Waals surface area contributed by atoms with Crippen molar-refractivity contribution >= 4 is 11.6 Å². The summed E-state index contributed by atoms with van der Waals surface area (Å²) in [6, 6.07) is 18.6. The number of aromatic nitrogens is 4. The highest BCUT2D eigenvalue weighted by Crippen LogP contribution is 2.20. The fourth-order valence-corrected chi connectivity index (χ4v) is 3.05. The van der Waals surface area contributed by atoms with E-state index in [0.29, 0.717) is 22.8 Å². The first-order valence-electron chi connectivity index (χ1n) is 9.69. The van der Waals surface area contributed by atoms with E-state index in [4.69, 9.17) is 4.74 Å². The summed E-state index contributed by atoms with van der Waals surface area (Å²) in [5.41, 5.74) is 2.64. The van der Waals surface area contributed by atoms with Crippen molar-refractivity contribution in [3.63, 3.8) is 0 Å². The molecule has 4 rings (SSSR count). The first-order chi connectivity index (χ1) is 15.5. The van der Waals surface area contributed by atoms with E-state index in [-0.39, 0.29) is 23.6 Å². The Kier molecular flexibility index (Phi) is 5.89. The van der Waals surface area contributed by atoms with Crippen molar-refractivity contribution in [3.8, 4) is 28.3 Å². The second-order valence-corrected chi connectivity index (χ2v) is 6.90. The summed E-state index contributed by atoms with van der Waals surface area (Å²) in [5.74, 6) is 0.350. The molecule has 0 aliphatic heterocycles. The van der Waals surface area contributed by atoms with Crippen LogP contribution in [-0.4, -0.2) is 32.8 Å². The van der Waals surface area contributed by atoms with Crippen LogP contribution in [0.15, 0.2) is 82.6 Å². The first-order valence-corrected chi connectivity index (χ1v) is 9.69. The minimum absolute atomic E-state index is 0.169. The van der Waals surface area contributed by atoms with Gasteiger partial charge in [-0.3, -0.25) is 19.0 Å². The summed E-state index contributed by atoms with van der Waals surface area (Å²) < 4.78 is 6.36. The van der Waals surface area contributed by atoms with Crippen LogP contribution in [0.2, 0.25) is 0 Å². The maximum absolute atomic E-state index is 12.4. The molecule has 0 aliphatic rings. The van der Waals surface area contributed by atoms with Crippen LogP contribution in [0.4, 0.5) is 5.69 Å². The molecule has 1 amide bonds. The van der Waals surface area contributed by atoms with Gasteiger partial charge in [0.25, 0.3) is 11.1 Å². The summed E-state index contributed by atoms with van der Waals surface area (Å²) in [7, 11) is 1.58. The van der Waals surface area contributed by atoms with Gasteiger partial charge < -0.3 is 10.1 Å². The molecule has 0 spiro atoms. The Bertz CT molecular complexity index is 1340. The third-order valence-corrected chi connectivity index (χ3v) is 4.72. The maximum Gasteiger partial charge on any atom is 0.264 e. The summed E-state index contributed by atoms with van der Waals surface area (Å²) in [6.07, 6.45) is 1.35. The number of hydrogen-bond acceptors (Lipinski definition) is 6. The number of carbonyl (C=O) groups excluding carboxylic acids is 1. The third kappa shape index (κ3) is 4.78. The van der Waals surface area contributed by atoms with Crippen molar-refractivity contribution < 1.29 is 9.53 Å². The van der Waals surface area contributed by atoms with Gasteiger partial charge >= 0.3 is 0 Å². The molecule has 2 aromatic heterocycles. The maximum atomic E-state index is 12.4. The number of amides is 1. The van der Waals surface area contributed by atoms with Crippen LogP contribution < -0.4 is 21.2 Å². The smallest absolute Gasteiger partial charge is 0.264 e. The lowest BCUT2D eigenvalue weighted by Crippen LogP contribution is -2.27. The molecular weight excluding hydrogens is 410 g/mol. The van der Waals surface area contributed by atoms with Crippen LogP contribution in [0.1, 0.15) is 0 Å². The minimum Gasteiger partial charge on any atom is -0.497 e. The molecule has 160 valence electrons. The molecular formula is C23H19N5O4. The van der Waals surface area contributed by atoms with E-state index in [1.807, 2.05) is 12.1 Å². The van der Waals surface area contributed by atoms with Crippen LogP contribution in [0, 0.1) is 0 Å². The average Bonchev–Trinajstić information content (AvgIpc) is 2.81. The van der Waals surface area contributed by atoms with Crippen molar-refractivity contribution in [3.05, 3.63) is 93.8 Å². The number of benzene rings is 2. The van der Waals surface area contributed by atoms with E-state index in [2.05, 4.69) is 20.5 Å². The molecule has 0 radical (unpaired) electrons. The highest BCUT2D eigenvalue weighted by atomic mass is 16.5. The number of H-pyrrole nitrogens is 1. The summed E-state index contributed by atoms with van der Waals surface area (Å²) >= 11 is 0. The lowest BCUT2D eigenvalue weighted by atomic mass is 10.1. The van der Waals surface area contributed by atoms with E-state index in [1.165, 1.54) is 23.0 Å². The number of hydrogen-bond donors (Lipinski definition) is 2. The van der Waals surface area contributed by atoms with E-state index in [9.17, 15) is 14.4 Å². The van der Waals surface area contributed by atoms with Gasteiger partial charge in [-0.2, -0.15) is 5.10 Å².